The number of nitrogens with zero attached hydrogens (tertiary/aromatic N) is 2. The van der Waals surface area contributed by atoms with Gasteiger partial charge in [-0.05, 0) is 6.42 Å². The number of aromatic nitrogens is 2. The summed E-state index contributed by atoms with van der Waals surface area (Å²) in [4.78, 5) is 14.4. The Labute approximate surface area is 72.4 Å². The molecule has 3 heteroatoms. The summed E-state index contributed by atoms with van der Waals surface area (Å²) < 4.78 is 1.89. The smallest absolute Gasteiger partial charge is 0.168 e. The second-order valence-electron chi connectivity index (χ2n) is 2.84. The summed E-state index contributed by atoms with van der Waals surface area (Å²) in [5, 5.41) is 0. The van der Waals surface area contributed by atoms with Gasteiger partial charge in [0.25, 0.3) is 0 Å². The average molecular weight is 166 g/mol. The minimum Gasteiger partial charge on any atom is -0.328 e. The molecule has 1 rings (SSSR count). The lowest BCUT2D eigenvalue weighted by Crippen LogP contribution is -2.00. The number of rotatable bonds is 5. The number of imidazole rings is 1. The zero-order valence-electron chi connectivity index (χ0n) is 7.36. The molecule has 0 N–H and O–H groups in total. The molecule has 0 aromatic carbocycles. The zero-order valence-corrected chi connectivity index (χ0v) is 7.36. The van der Waals surface area contributed by atoms with E-state index in [1.54, 1.807) is 12.5 Å². The van der Waals surface area contributed by atoms with E-state index in [-0.39, 0.29) is 0 Å². The molecule has 3 nitrogen and oxygen atoms in total. The van der Waals surface area contributed by atoms with E-state index >= 15 is 0 Å². The van der Waals surface area contributed by atoms with Crippen LogP contribution in [0.4, 0.5) is 0 Å². The molecule has 1 aromatic heterocycles. The maximum absolute atomic E-state index is 10.5. The minimum atomic E-state index is 0.672. The van der Waals surface area contributed by atoms with E-state index in [0.717, 1.165) is 19.3 Å². The number of unbranched alkanes of at least 4 members (excludes halogenated alkanes) is 2. The molecule has 0 saturated carbocycles. The van der Waals surface area contributed by atoms with Gasteiger partial charge >= 0.3 is 0 Å². The molecule has 0 radical (unpaired) electrons. The first kappa shape index (κ1) is 8.97. The van der Waals surface area contributed by atoms with Crippen LogP contribution in [0.5, 0.6) is 0 Å². The first-order chi connectivity index (χ1) is 5.88. The topological polar surface area (TPSA) is 34.9 Å². The van der Waals surface area contributed by atoms with Crippen molar-refractivity contribution in [3.05, 3.63) is 18.2 Å². The molecule has 0 bridgehead atoms. The van der Waals surface area contributed by atoms with Gasteiger partial charge in [-0.2, -0.15) is 0 Å². The average Bonchev–Trinajstić information content (AvgIpc) is 2.52. The predicted octanol–water partition coefficient (Wildman–Crippen LogP) is 1.89. The van der Waals surface area contributed by atoms with Crippen molar-refractivity contribution in [3.63, 3.8) is 0 Å². The van der Waals surface area contributed by atoms with Crippen LogP contribution in [0.2, 0.25) is 0 Å². The summed E-state index contributed by atoms with van der Waals surface area (Å²) in [6.07, 6.45) is 7.67. The Morgan fingerprint density at radius 2 is 2.42 bits per heavy atom. The van der Waals surface area contributed by atoms with Crippen molar-refractivity contribution >= 4 is 6.29 Å². The Hall–Kier alpha value is -1.12. The van der Waals surface area contributed by atoms with Crippen LogP contribution in [-0.4, -0.2) is 15.8 Å². The molecular weight excluding hydrogens is 152 g/mol. The highest BCUT2D eigenvalue weighted by atomic mass is 16.1. The van der Waals surface area contributed by atoms with Crippen molar-refractivity contribution < 1.29 is 4.79 Å². The molecule has 0 aliphatic heterocycles. The fourth-order valence-electron chi connectivity index (χ4n) is 1.15. The number of hydrogen-bond donors (Lipinski definition) is 0. The highest BCUT2D eigenvalue weighted by Crippen LogP contribution is 2.01. The fourth-order valence-corrected chi connectivity index (χ4v) is 1.15. The summed E-state index contributed by atoms with van der Waals surface area (Å²) in [7, 11) is 0. The zero-order chi connectivity index (χ0) is 8.81. The summed E-state index contributed by atoms with van der Waals surface area (Å²) in [6.45, 7) is 3.07. The predicted molar refractivity (Wildman–Crippen MR) is 47.1 cm³/mol. The van der Waals surface area contributed by atoms with Crippen LogP contribution in [0.1, 0.15) is 36.7 Å². The first-order valence-electron chi connectivity index (χ1n) is 4.33. The maximum atomic E-state index is 10.5. The van der Waals surface area contributed by atoms with Gasteiger partial charge in [0.15, 0.2) is 6.29 Å². The quantitative estimate of drug-likeness (QED) is 0.494. The van der Waals surface area contributed by atoms with Gasteiger partial charge in [0, 0.05) is 6.54 Å². The maximum Gasteiger partial charge on any atom is 0.168 e. The van der Waals surface area contributed by atoms with Crippen LogP contribution >= 0.6 is 0 Å². The molecule has 0 aliphatic rings. The Morgan fingerprint density at radius 3 is 3.08 bits per heavy atom. The van der Waals surface area contributed by atoms with Crippen LogP contribution in [0.3, 0.4) is 0 Å². The second kappa shape index (κ2) is 4.70. The molecule has 0 fully saturated rings. The third kappa shape index (κ3) is 2.19. The molecule has 0 saturated heterocycles. The highest BCUT2D eigenvalue weighted by molar-refractivity contribution is 5.71. The normalized spacial score (nSPS) is 10.1. The van der Waals surface area contributed by atoms with Crippen molar-refractivity contribution in [1.82, 2.24) is 9.55 Å². The van der Waals surface area contributed by atoms with E-state index in [2.05, 4.69) is 11.9 Å². The number of carbonyl (C=O) groups excluding carboxylic acids is 1. The summed E-state index contributed by atoms with van der Waals surface area (Å²) in [5.41, 5.74) is 0.672. The van der Waals surface area contributed by atoms with E-state index in [4.69, 9.17) is 0 Å². The first-order valence-corrected chi connectivity index (χ1v) is 4.33. The lowest BCUT2D eigenvalue weighted by Gasteiger charge is -2.01. The van der Waals surface area contributed by atoms with Crippen molar-refractivity contribution in [3.8, 4) is 0 Å². The summed E-state index contributed by atoms with van der Waals surface area (Å²) in [5.74, 6) is 0. The molecule has 12 heavy (non-hydrogen) atoms. The molecule has 66 valence electrons. The van der Waals surface area contributed by atoms with Crippen molar-refractivity contribution in [1.29, 1.82) is 0 Å². The number of carbonyl (C=O) groups is 1. The summed E-state index contributed by atoms with van der Waals surface area (Å²) in [6, 6.07) is 0. The Balaban J connectivity index is 2.45. The summed E-state index contributed by atoms with van der Waals surface area (Å²) >= 11 is 0. The van der Waals surface area contributed by atoms with Gasteiger partial charge in [-0.25, -0.2) is 4.98 Å². The van der Waals surface area contributed by atoms with Gasteiger partial charge in [0.1, 0.15) is 5.69 Å². The van der Waals surface area contributed by atoms with E-state index in [1.807, 2.05) is 4.57 Å². The molecule has 1 heterocycles. The fraction of sp³-hybridized carbons (Fsp3) is 0.556. The van der Waals surface area contributed by atoms with Crippen molar-refractivity contribution in [2.75, 3.05) is 0 Å². The van der Waals surface area contributed by atoms with Crippen LogP contribution in [-0.2, 0) is 6.54 Å². The van der Waals surface area contributed by atoms with Crippen LogP contribution in [0, 0.1) is 0 Å². The molecule has 0 spiro atoms. The molecular formula is C9H14N2O. The van der Waals surface area contributed by atoms with E-state index in [9.17, 15) is 4.79 Å². The molecule has 0 unspecified atom stereocenters. The molecule has 0 aliphatic carbocycles. The standard InChI is InChI=1S/C9H14N2O/c1-2-3-4-5-11-8-10-6-9(11)7-12/h6-8H,2-5H2,1H3. The monoisotopic (exact) mass is 166 g/mol. The SMILES string of the molecule is CCCCCn1cncc1C=O. The van der Waals surface area contributed by atoms with Gasteiger partial charge in [-0.15, -0.1) is 0 Å². The van der Waals surface area contributed by atoms with E-state index in [1.165, 1.54) is 12.8 Å². The Kier molecular flexibility index (Phi) is 3.51. The third-order valence-electron chi connectivity index (χ3n) is 1.87. The van der Waals surface area contributed by atoms with Gasteiger partial charge in [-0.3, -0.25) is 4.79 Å². The second-order valence-corrected chi connectivity index (χ2v) is 2.84. The van der Waals surface area contributed by atoms with Gasteiger partial charge in [-0.1, -0.05) is 19.8 Å². The van der Waals surface area contributed by atoms with E-state index < -0.39 is 0 Å². The number of aldehydes is 1. The van der Waals surface area contributed by atoms with Crippen molar-refractivity contribution in [2.24, 2.45) is 0 Å². The lowest BCUT2D eigenvalue weighted by molar-refractivity contribution is 0.111. The van der Waals surface area contributed by atoms with Crippen LogP contribution in [0.25, 0.3) is 0 Å². The lowest BCUT2D eigenvalue weighted by atomic mass is 10.2. The number of hydrogen-bond acceptors (Lipinski definition) is 2. The van der Waals surface area contributed by atoms with Crippen LogP contribution < -0.4 is 0 Å². The molecule has 1 aromatic rings. The Morgan fingerprint density at radius 1 is 1.58 bits per heavy atom. The highest BCUT2D eigenvalue weighted by Gasteiger charge is 1.98. The van der Waals surface area contributed by atoms with E-state index in [0.29, 0.717) is 5.69 Å². The van der Waals surface area contributed by atoms with Gasteiger partial charge in [0.2, 0.25) is 0 Å². The largest absolute Gasteiger partial charge is 0.328 e. The van der Waals surface area contributed by atoms with Gasteiger partial charge in [0.05, 0.1) is 12.5 Å². The van der Waals surface area contributed by atoms with Crippen LogP contribution in [0.15, 0.2) is 12.5 Å². The number of aryl methyl sites for hydroxylation is 1. The molecule has 0 atom stereocenters. The molecule has 0 amide bonds. The third-order valence-corrected chi connectivity index (χ3v) is 1.87. The Bertz CT molecular complexity index is 242. The van der Waals surface area contributed by atoms with Gasteiger partial charge < -0.3 is 4.57 Å². The van der Waals surface area contributed by atoms with Crippen molar-refractivity contribution in [2.45, 2.75) is 32.7 Å². The minimum absolute atomic E-state index is 0.672.